The van der Waals surface area contributed by atoms with Crippen molar-refractivity contribution >= 4 is 27.5 Å². The van der Waals surface area contributed by atoms with Gasteiger partial charge in [-0.25, -0.2) is 0 Å². The molecule has 0 saturated heterocycles. The fourth-order valence-electron chi connectivity index (χ4n) is 3.73. The second-order valence-corrected chi connectivity index (χ2v) is 8.24. The van der Waals surface area contributed by atoms with E-state index in [-0.39, 0.29) is 18.1 Å². The Labute approximate surface area is 177 Å². The van der Waals surface area contributed by atoms with E-state index in [0.29, 0.717) is 6.61 Å². The molecule has 2 aliphatic rings. The Morgan fingerprint density at radius 3 is 2.72 bits per heavy atom. The highest BCUT2D eigenvalue weighted by Crippen LogP contribution is 2.43. The first-order chi connectivity index (χ1) is 14.2. The van der Waals surface area contributed by atoms with Gasteiger partial charge in [-0.2, -0.15) is 0 Å². The molecule has 6 heteroatoms. The fourth-order valence-corrected chi connectivity index (χ4v) is 4.10. The lowest BCUT2D eigenvalue weighted by molar-refractivity contribution is 0.0663. The summed E-state index contributed by atoms with van der Waals surface area (Å²) in [5.74, 6) is 0.816. The third-order valence-corrected chi connectivity index (χ3v) is 5.76. The lowest BCUT2D eigenvalue weighted by atomic mass is 10.0. The molecule has 0 bridgehead atoms. The van der Waals surface area contributed by atoms with Gasteiger partial charge in [-0.3, -0.25) is 9.78 Å². The van der Waals surface area contributed by atoms with Gasteiger partial charge in [-0.05, 0) is 55.3 Å². The molecular weight excluding hydrogens is 430 g/mol. The summed E-state index contributed by atoms with van der Waals surface area (Å²) in [6, 6.07) is 19.7. The number of carbonyl (C=O) groups excluding carboxylic acids is 1. The Hall–Kier alpha value is -2.86. The summed E-state index contributed by atoms with van der Waals surface area (Å²) in [5, 5.41) is 3.57. The van der Waals surface area contributed by atoms with Gasteiger partial charge < -0.3 is 15.0 Å². The van der Waals surface area contributed by atoms with E-state index in [1.165, 1.54) is 0 Å². The van der Waals surface area contributed by atoms with Crippen molar-refractivity contribution in [1.82, 2.24) is 9.88 Å². The second kappa shape index (κ2) is 7.52. The van der Waals surface area contributed by atoms with Gasteiger partial charge >= 0.3 is 0 Å². The molecule has 1 fully saturated rings. The van der Waals surface area contributed by atoms with Crippen LogP contribution in [0.5, 0.6) is 5.75 Å². The molecule has 1 aliphatic carbocycles. The number of nitrogens with zero attached hydrogens (tertiary/aromatic N) is 2. The summed E-state index contributed by atoms with van der Waals surface area (Å²) in [7, 11) is 0. The van der Waals surface area contributed by atoms with Gasteiger partial charge in [-0.1, -0.05) is 34.1 Å². The van der Waals surface area contributed by atoms with Crippen LogP contribution in [-0.2, 0) is 6.61 Å². The molecule has 1 aromatic heterocycles. The maximum absolute atomic E-state index is 13.3. The van der Waals surface area contributed by atoms with Gasteiger partial charge in [0.25, 0.3) is 5.91 Å². The SMILES string of the molecule is O=C1c2ccccc2NC(c2cc(Br)ccc2OCc2ccccn2)N1C1CC1. The van der Waals surface area contributed by atoms with Crippen molar-refractivity contribution in [3.8, 4) is 5.75 Å². The van der Waals surface area contributed by atoms with Crippen molar-refractivity contribution < 1.29 is 9.53 Å². The molecule has 1 N–H and O–H groups in total. The fraction of sp³-hybridized carbons (Fsp3) is 0.217. The number of amides is 1. The largest absolute Gasteiger partial charge is 0.487 e. The molecule has 5 rings (SSSR count). The molecule has 1 unspecified atom stereocenters. The molecular formula is C23H20BrN3O2. The van der Waals surface area contributed by atoms with Crippen molar-refractivity contribution in [3.63, 3.8) is 0 Å². The normalized spacial score (nSPS) is 18.2. The minimum Gasteiger partial charge on any atom is -0.487 e. The van der Waals surface area contributed by atoms with Crippen LogP contribution in [0.1, 0.15) is 40.6 Å². The first-order valence-electron chi connectivity index (χ1n) is 9.71. The first-order valence-corrected chi connectivity index (χ1v) is 10.5. The number of carbonyl (C=O) groups is 1. The lowest BCUT2D eigenvalue weighted by Gasteiger charge is -2.39. The predicted octanol–water partition coefficient (Wildman–Crippen LogP) is 5.15. The quantitative estimate of drug-likeness (QED) is 0.584. The zero-order valence-electron chi connectivity index (χ0n) is 15.7. The minimum absolute atomic E-state index is 0.0718. The summed E-state index contributed by atoms with van der Waals surface area (Å²) >= 11 is 3.58. The number of anilines is 1. The van der Waals surface area contributed by atoms with Gasteiger partial charge in [0.2, 0.25) is 0 Å². The van der Waals surface area contributed by atoms with E-state index in [4.69, 9.17) is 4.74 Å². The van der Waals surface area contributed by atoms with Crippen LogP contribution in [0.4, 0.5) is 5.69 Å². The van der Waals surface area contributed by atoms with Crippen LogP contribution in [0.3, 0.4) is 0 Å². The van der Waals surface area contributed by atoms with Crippen molar-refractivity contribution in [2.45, 2.75) is 31.7 Å². The molecule has 29 heavy (non-hydrogen) atoms. The molecule has 2 heterocycles. The number of nitrogens with one attached hydrogen (secondary N) is 1. The molecule has 1 aliphatic heterocycles. The summed E-state index contributed by atoms with van der Waals surface area (Å²) in [6.45, 7) is 0.371. The number of pyridine rings is 1. The number of fused-ring (bicyclic) bond motifs is 1. The van der Waals surface area contributed by atoms with Crippen molar-refractivity contribution in [2.75, 3.05) is 5.32 Å². The molecule has 2 aromatic carbocycles. The van der Waals surface area contributed by atoms with Crippen LogP contribution in [0.15, 0.2) is 71.3 Å². The number of halogens is 1. The third kappa shape index (κ3) is 3.60. The van der Waals surface area contributed by atoms with Crippen molar-refractivity contribution in [2.24, 2.45) is 0 Å². The predicted molar refractivity (Wildman–Crippen MR) is 115 cm³/mol. The molecule has 5 nitrogen and oxygen atoms in total. The van der Waals surface area contributed by atoms with Gasteiger partial charge in [0.1, 0.15) is 18.5 Å². The number of ether oxygens (including phenoxy) is 1. The highest BCUT2D eigenvalue weighted by molar-refractivity contribution is 9.10. The van der Waals surface area contributed by atoms with Crippen LogP contribution < -0.4 is 10.1 Å². The Bertz CT molecular complexity index is 1050. The number of hydrogen-bond acceptors (Lipinski definition) is 4. The van der Waals surface area contributed by atoms with Gasteiger partial charge in [-0.15, -0.1) is 0 Å². The average Bonchev–Trinajstić information content (AvgIpc) is 3.58. The van der Waals surface area contributed by atoms with E-state index < -0.39 is 0 Å². The Morgan fingerprint density at radius 2 is 1.93 bits per heavy atom. The number of aromatic nitrogens is 1. The van der Waals surface area contributed by atoms with Crippen LogP contribution in [0.2, 0.25) is 0 Å². The van der Waals surface area contributed by atoms with E-state index in [9.17, 15) is 4.79 Å². The van der Waals surface area contributed by atoms with Crippen LogP contribution in [0, 0.1) is 0 Å². The molecule has 146 valence electrons. The van der Waals surface area contributed by atoms with Crippen LogP contribution >= 0.6 is 15.9 Å². The third-order valence-electron chi connectivity index (χ3n) is 5.27. The van der Waals surface area contributed by atoms with E-state index in [1.807, 2.05) is 65.6 Å². The summed E-state index contributed by atoms with van der Waals surface area (Å²) in [6.07, 6.45) is 3.55. The van der Waals surface area contributed by atoms with Crippen LogP contribution in [0.25, 0.3) is 0 Å². The standard InChI is InChI=1S/C23H20BrN3O2/c24-15-8-11-21(29-14-16-5-3-4-12-25-16)19(13-15)22-26-20-7-2-1-6-18(20)23(28)27(22)17-9-10-17/h1-8,11-13,17,22,26H,9-10,14H2. The highest BCUT2D eigenvalue weighted by atomic mass is 79.9. The summed E-state index contributed by atoms with van der Waals surface area (Å²) in [4.78, 5) is 19.6. The molecule has 0 spiro atoms. The zero-order chi connectivity index (χ0) is 19.8. The first kappa shape index (κ1) is 18.2. The monoisotopic (exact) mass is 449 g/mol. The average molecular weight is 450 g/mol. The smallest absolute Gasteiger partial charge is 0.258 e. The van der Waals surface area contributed by atoms with E-state index >= 15 is 0 Å². The van der Waals surface area contributed by atoms with Crippen LogP contribution in [-0.4, -0.2) is 21.8 Å². The van der Waals surface area contributed by atoms with Gasteiger partial charge in [0, 0.05) is 28.0 Å². The lowest BCUT2D eigenvalue weighted by Crippen LogP contribution is -2.44. The molecule has 1 amide bonds. The Balaban J connectivity index is 1.52. The summed E-state index contributed by atoms with van der Waals surface area (Å²) in [5.41, 5.74) is 3.38. The van der Waals surface area contributed by atoms with Gasteiger partial charge in [0.05, 0.1) is 11.3 Å². The van der Waals surface area contributed by atoms with E-state index in [0.717, 1.165) is 45.6 Å². The Kier molecular flexibility index (Phi) is 4.72. The maximum Gasteiger partial charge on any atom is 0.258 e. The molecule has 3 aromatic rings. The van der Waals surface area contributed by atoms with E-state index in [1.54, 1.807) is 6.20 Å². The van der Waals surface area contributed by atoms with E-state index in [2.05, 4.69) is 26.2 Å². The minimum atomic E-state index is -0.277. The van der Waals surface area contributed by atoms with Crippen molar-refractivity contribution in [3.05, 3.63) is 88.2 Å². The number of benzene rings is 2. The number of hydrogen-bond donors (Lipinski definition) is 1. The number of rotatable bonds is 5. The number of para-hydroxylation sites is 1. The zero-order valence-corrected chi connectivity index (χ0v) is 17.3. The molecule has 1 saturated carbocycles. The topological polar surface area (TPSA) is 54.5 Å². The maximum atomic E-state index is 13.3. The summed E-state index contributed by atoms with van der Waals surface area (Å²) < 4.78 is 7.09. The second-order valence-electron chi connectivity index (χ2n) is 7.33. The highest BCUT2D eigenvalue weighted by Gasteiger charge is 2.42. The molecule has 0 radical (unpaired) electrons. The van der Waals surface area contributed by atoms with Crippen molar-refractivity contribution in [1.29, 1.82) is 0 Å². The van der Waals surface area contributed by atoms with Gasteiger partial charge in [0.15, 0.2) is 0 Å². The molecule has 1 atom stereocenters. The Morgan fingerprint density at radius 1 is 1.10 bits per heavy atom.